The molecule has 0 saturated heterocycles. The lowest BCUT2D eigenvalue weighted by molar-refractivity contribution is -0.143. The van der Waals surface area contributed by atoms with Crippen LogP contribution < -0.4 is 14.8 Å². The second kappa shape index (κ2) is 13.1. The highest BCUT2D eigenvalue weighted by atomic mass is 127. The summed E-state index contributed by atoms with van der Waals surface area (Å²) < 4.78 is 12.2. The molecule has 0 aliphatic rings. The van der Waals surface area contributed by atoms with Crippen LogP contribution >= 0.6 is 22.6 Å². The number of methoxy groups -OCH3 is 1. The van der Waals surface area contributed by atoms with Crippen LogP contribution in [0.3, 0.4) is 0 Å². The molecule has 0 aliphatic heterocycles. The molecule has 2 amide bonds. The summed E-state index contributed by atoms with van der Waals surface area (Å²) in [6.45, 7) is 3.89. The van der Waals surface area contributed by atoms with Gasteiger partial charge in [0, 0.05) is 22.6 Å². The molecular formula is C28H31IN2O4. The third kappa shape index (κ3) is 8.28. The summed E-state index contributed by atoms with van der Waals surface area (Å²) in [5, 5.41) is 2.99. The molecule has 7 heteroatoms. The summed E-state index contributed by atoms with van der Waals surface area (Å²) >= 11 is 2.22. The molecule has 35 heavy (non-hydrogen) atoms. The molecule has 1 atom stereocenters. The summed E-state index contributed by atoms with van der Waals surface area (Å²) in [7, 11) is 1.60. The molecule has 1 unspecified atom stereocenters. The molecule has 3 rings (SSSR count). The Labute approximate surface area is 220 Å². The number of nitrogens with zero attached hydrogens (tertiary/aromatic N) is 1. The molecule has 0 aromatic heterocycles. The van der Waals surface area contributed by atoms with Gasteiger partial charge >= 0.3 is 0 Å². The van der Waals surface area contributed by atoms with Gasteiger partial charge in [0.05, 0.1) is 7.11 Å². The molecule has 0 saturated carbocycles. The minimum absolute atomic E-state index is 0.0578. The van der Waals surface area contributed by atoms with Crippen molar-refractivity contribution in [1.82, 2.24) is 10.2 Å². The van der Waals surface area contributed by atoms with Crippen molar-refractivity contribution in [3.05, 3.63) is 93.6 Å². The smallest absolute Gasteiger partial charge is 0.261 e. The molecule has 1 N–H and O–H groups in total. The first-order valence-corrected chi connectivity index (χ1v) is 12.6. The van der Waals surface area contributed by atoms with Gasteiger partial charge in [-0.2, -0.15) is 0 Å². The molecule has 0 aliphatic carbocycles. The van der Waals surface area contributed by atoms with Crippen LogP contribution in [0.15, 0.2) is 78.9 Å². The van der Waals surface area contributed by atoms with Crippen molar-refractivity contribution >= 4 is 34.4 Å². The van der Waals surface area contributed by atoms with E-state index >= 15 is 0 Å². The fourth-order valence-electron chi connectivity index (χ4n) is 3.66. The van der Waals surface area contributed by atoms with Gasteiger partial charge in [-0.05, 0) is 84.0 Å². The number of hydrogen-bond acceptors (Lipinski definition) is 4. The predicted molar refractivity (Wildman–Crippen MR) is 145 cm³/mol. The zero-order valence-electron chi connectivity index (χ0n) is 20.2. The zero-order valence-corrected chi connectivity index (χ0v) is 22.4. The first-order chi connectivity index (χ1) is 16.9. The topological polar surface area (TPSA) is 67.9 Å². The van der Waals surface area contributed by atoms with Gasteiger partial charge in [-0.3, -0.25) is 9.59 Å². The molecule has 184 valence electrons. The molecule has 0 spiro atoms. The number of rotatable bonds is 11. The van der Waals surface area contributed by atoms with Gasteiger partial charge in [-0.25, -0.2) is 0 Å². The molecule has 0 heterocycles. The Morgan fingerprint density at radius 2 is 1.60 bits per heavy atom. The Kier molecular flexibility index (Phi) is 9.96. The second-order valence-corrected chi connectivity index (χ2v) is 9.73. The highest BCUT2D eigenvalue weighted by Gasteiger charge is 2.31. The van der Waals surface area contributed by atoms with Crippen LogP contribution in [-0.4, -0.2) is 42.5 Å². The van der Waals surface area contributed by atoms with Crippen LogP contribution in [0.25, 0.3) is 0 Å². The molecule has 0 fully saturated rings. The Morgan fingerprint density at radius 3 is 2.26 bits per heavy atom. The van der Waals surface area contributed by atoms with E-state index in [0.29, 0.717) is 17.9 Å². The number of carbonyl (C=O) groups is 2. The van der Waals surface area contributed by atoms with Crippen LogP contribution in [0, 0.1) is 3.57 Å². The molecule has 3 aromatic rings. The number of hydrogen-bond donors (Lipinski definition) is 1. The third-order valence-corrected chi connectivity index (χ3v) is 6.08. The lowest BCUT2D eigenvalue weighted by Crippen LogP contribution is -2.52. The maximum atomic E-state index is 13.6. The van der Waals surface area contributed by atoms with Crippen molar-refractivity contribution in [3.8, 4) is 11.5 Å². The van der Waals surface area contributed by atoms with Crippen molar-refractivity contribution in [2.24, 2.45) is 0 Å². The van der Waals surface area contributed by atoms with Crippen LogP contribution in [0.4, 0.5) is 0 Å². The fraction of sp³-hybridized carbons (Fsp3) is 0.286. The number of amides is 2. The minimum Gasteiger partial charge on any atom is -0.497 e. The van der Waals surface area contributed by atoms with Gasteiger partial charge < -0.3 is 19.7 Å². The number of nitrogens with one attached hydrogen (secondary N) is 1. The third-order valence-electron chi connectivity index (χ3n) is 5.37. The normalized spacial score (nSPS) is 11.6. The number of halogens is 1. The van der Waals surface area contributed by atoms with E-state index in [0.717, 1.165) is 14.7 Å². The van der Waals surface area contributed by atoms with Gasteiger partial charge in [0.25, 0.3) is 5.91 Å². The first-order valence-electron chi connectivity index (χ1n) is 11.5. The van der Waals surface area contributed by atoms with E-state index in [1.807, 2.05) is 92.7 Å². The lowest BCUT2D eigenvalue weighted by atomic mass is 10.0. The van der Waals surface area contributed by atoms with Gasteiger partial charge in [-0.15, -0.1) is 0 Å². The highest BCUT2D eigenvalue weighted by molar-refractivity contribution is 14.1. The zero-order chi connectivity index (χ0) is 25.2. The Bertz CT molecular complexity index is 1100. The minimum atomic E-state index is -0.709. The molecule has 6 nitrogen and oxygen atoms in total. The van der Waals surface area contributed by atoms with E-state index < -0.39 is 6.04 Å². The van der Waals surface area contributed by atoms with Crippen LogP contribution in [0.1, 0.15) is 25.0 Å². The molecule has 0 radical (unpaired) electrons. The van der Waals surface area contributed by atoms with Crippen LogP contribution in [0.5, 0.6) is 11.5 Å². The summed E-state index contributed by atoms with van der Waals surface area (Å²) in [5.41, 5.74) is 1.83. The average Bonchev–Trinajstić information content (AvgIpc) is 2.86. The Morgan fingerprint density at radius 1 is 0.914 bits per heavy atom. The lowest BCUT2D eigenvalue weighted by Gasteiger charge is -2.32. The quantitative estimate of drug-likeness (QED) is 0.327. The maximum Gasteiger partial charge on any atom is 0.261 e. The first kappa shape index (κ1) is 26.5. The van der Waals surface area contributed by atoms with Gasteiger partial charge in [0.1, 0.15) is 17.5 Å². The van der Waals surface area contributed by atoms with E-state index in [2.05, 4.69) is 27.9 Å². The largest absolute Gasteiger partial charge is 0.497 e. The fourth-order valence-corrected chi connectivity index (χ4v) is 4.02. The van der Waals surface area contributed by atoms with Crippen molar-refractivity contribution in [1.29, 1.82) is 0 Å². The SMILES string of the molecule is COc1cccc(CN(C(=O)COc2ccc(I)cc2)C(Cc2ccccc2)C(=O)NC(C)C)c1. The van der Waals surface area contributed by atoms with Crippen LogP contribution in [0.2, 0.25) is 0 Å². The van der Waals surface area contributed by atoms with Gasteiger partial charge in [0.2, 0.25) is 5.91 Å². The Hall–Kier alpha value is -3.07. The highest BCUT2D eigenvalue weighted by Crippen LogP contribution is 2.19. The molecule has 3 aromatic carbocycles. The van der Waals surface area contributed by atoms with Crippen LogP contribution in [-0.2, 0) is 22.6 Å². The van der Waals surface area contributed by atoms with E-state index in [-0.39, 0.29) is 31.0 Å². The molecular weight excluding hydrogens is 555 g/mol. The van der Waals surface area contributed by atoms with E-state index in [9.17, 15) is 9.59 Å². The summed E-state index contributed by atoms with van der Waals surface area (Å²) in [6, 6.07) is 24.0. The maximum absolute atomic E-state index is 13.6. The Balaban J connectivity index is 1.91. The van der Waals surface area contributed by atoms with Gasteiger partial charge in [0.15, 0.2) is 6.61 Å². The van der Waals surface area contributed by atoms with Crippen molar-refractivity contribution in [3.63, 3.8) is 0 Å². The number of ether oxygens (including phenoxy) is 2. The summed E-state index contributed by atoms with van der Waals surface area (Å²) in [5.74, 6) is 0.822. The van der Waals surface area contributed by atoms with E-state index in [1.165, 1.54) is 0 Å². The standard InChI is InChI=1S/C28H31IN2O4/c1-20(2)30-28(33)26(17-21-8-5-4-6-9-21)31(18-22-10-7-11-25(16-22)34-3)27(32)19-35-24-14-12-23(29)13-15-24/h4-16,20,26H,17-19H2,1-3H3,(H,30,33). The summed E-state index contributed by atoms with van der Waals surface area (Å²) in [6.07, 6.45) is 0.388. The van der Waals surface area contributed by atoms with E-state index in [4.69, 9.17) is 9.47 Å². The van der Waals surface area contributed by atoms with E-state index in [1.54, 1.807) is 12.0 Å². The molecule has 0 bridgehead atoms. The summed E-state index contributed by atoms with van der Waals surface area (Å²) in [4.78, 5) is 28.5. The van der Waals surface area contributed by atoms with Crippen molar-refractivity contribution in [2.45, 2.75) is 38.9 Å². The monoisotopic (exact) mass is 586 g/mol. The second-order valence-electron chi connectivity index (χ2n) is 8.48. The predicted octanol–water partition coefficient (Wildman–Crippen LogP) is 4.84. The number of benzene rings is 3. The van der Waals surface area contributed by atoms with Gasteiger partial charge in [-0.1, -0.05) is 42.5 Å². The average molecular weight is 586 g/mol. The number of carbonyl (C=O) groups excluding carboxylic acids is 2. The van der Waals surface area contributed by atoms with Crippen molar-refractivity contribution < 1.29 is 19.1 Å². The van der Waals surface area contributed by atoms with Crippen molar-refractivity contribution in [2.75, 3.05) is 13.7 Å².